The zero-order valence-corrected chi connectivity index (χ0v) is 16.1. The van der Waals surface area contributed by atoms with E-state index in [-0.39, 0.29) is 17.0 Å². The van der Waals surface area contributed by atoms with Crippen LogP contribution in [0.1, 0.15) is 16.8 Å². The maximum atomic E-state index is 12.8. The van der Waals surface area contributed by atoms with E-state index in [9.17, 15) is 14.9 Å². The van der Waals surface area contributed by atoms with Gasteiger partial charge in [0.1, 0.15) is 5.69 Å². The SMILES string of the molecule is COc1cc([N+](=O)[O-])ccc1N=Cc1c(C)[nH]n(-c2ccc(C)c(Cl)c2)c1=O. The van der Waals surface area contributed by atoms with E-state index in [0.29, 0.717) is 27.7 Å². The van der Waals surface area contributed by atoms with Gasteiger partial charge in [-0.15, -0.1) is 0 Å². The normalized spacial score (nSPS) is 11.1. The lowest BCUT2D eigenvalue weighted by Gasteiger charge is -2.04. The van der Waals surface area contributed by atoms with Gasteiger partial charge in [0.15, 0.2) is 5.75 Å². The molecule has 0 atom stereocenters. The second-order valence-corrected chi connectivity index (χ2v) is 6.50. The number of methoxy groups -OCH3 is 1. The smallest absolute Gasteiger partial charge is 0.280 e. The summed E-state index contributed by atoms with van der Waals surface area (Å²) < 4.78 is 6.54. The molecule has 8 nitrogen and oxygen atoms in total. The van der Waals surface area contributed by atoms with E-state index < -0.39 is 4.92 Å². The van der Waals surface area contributed by atoms with Crippen molar-refractivity contribution in [1.82, 2.24) is 9.78 Å². The Hall–Kier alpha value is -3.39. The Kier molecular flexibility index (Phi) is 5.32. The fourth-order valence-electron chi connectivity index (χ4n) is 2.63. The van der Waals surface area contributed by atoms with Gasteiger partial charge in [0, 0.05) is 23.0 Å². The topological polar surface area (TPSA) is 103 Å². The molecule has 9 heteroatoms. The minimum atomic E-state index is -0.516. The average Bonchev–Trinajstić information content (AvgIpc) is 2.96. The molecule has 0 spiro atoms. The quantitative estimate of drug-likeness (QED) is 0.395. The number of benzene rings is 2. The lowest BCUT2D eigenvalue weighted by atomic mass is 10.2. The molecule has 0 fully saturated rings. The fourth-order valence-corrected chi connectivity index (χ4v) is 2.81. The van der Waals surface area contributed by atoms with Crippen LogP contribution in [0.15, 0.2) is 46.2 Å². The third-order valence-electron chi connectivity index (χ3n) is 4.24. The maximum Gasteiger partial charge on any atom is 0.280 e. The molecule has 2 aromatic carbocycles. The zero-order valence-electron chi connectivity index (χ0n) is 15.4. The molecule has 1 aromatic heterocycles. The predicted octanol–water partition coefficient (Wildman–Crippen LogP) is 4.10. The molecule has 1 heterocycles. The zero-order chi connectivity index (χ0) is 20.4. The molecular weight excluding hydrogens is 384 g/mol. The summed E-state index contributed by atoms with van der Waals surface area (Å²) in [5.74, 6) is 0.240. The number of nitrogens with one attached hydrogen (secondary N) is 1. The summed E-state index contributed by atoms with van der Waals surface area (Å²) >= 11 is 6.15. The molecule has 0 aliphatic rings. The molecule has 3 aromatic rings. The van der Waals surface area contributed by atoms with Gasteiger partial charge in [-0.2, -0.15) is 0 Å². The number of aliphatic imine (C=N–C) groups is 1. The number of aromatic nitrogens is 2. The lowest BCUT2D eigenvalue weighted by Crippen LogP contribution is -2.17. The van der Waals surface area contributed by atoms with Gasteiger partial charge in [0.05, 0.1) is 29.4 Å². The Morgan fingerprint density at radius 3 is 2.64 bits per heavy atom. The van der Waals surface area contributed by atoms with E-state index in [1.54, 1.807) is 19.1 Å². The van der Waals surface area contributed by atoms with Crippen LogP contribution in [0.4, 0.5) is 11.4 Å². The van der Waals surface area contributed by atoms with Gasteiger partial charge in [-0.25, -0.2) is 4.68 Å². The molecule has 144 valence electrons. The Bertz CT molecular complexity index is 1150. The van der Waals surface area contributed by atoms with Crippen molar-refractivity contribution < 1.29 is 9.66 Å². The summed E-state index contributed by atoms with van der Waals surface area (Å²) in [5, 5.41) is 14.4. The molecule has 28 heavy (non-hydrogen) atoms. The van der Waals surface area contributed by atoms with Crippen molar-refractivity contribution in [3.63, 3.8) is 0 Å². The van der Waals surface area contributed by atoms with Gasteiger partial charge in [-0.1, -0.05) is 17.7 Å². The number of nitro groups is 1. The van der Waals surface area contributed by atoms with E-state index in [0.717, 1.165) is 5.56 Å². The van der Waals surface area contributed by atoms with Crippen LogP contribution in [-0.4, -0.2) is 28.0 Å². The Morgan fingerprint density at radius 1 is 1.25 bits per heavy atom. The number of non-ortho nitro benzene ring substituents is 1. The van der Waals surface area contributed by atoms with E-state index in [4.69, 9.17) is 16.3 Å². The summed E-state index contributed by atoms with van der Waals surface area (Å²) in [6.45, 7) is 3.63. The minimum Gasteiger partial charge on any atom is -0.494 e. The standard InChI is InChI=1S/C19H17ClN4O4/c1-11-4-5-13(8-16(11)20)23-19(25)15(12(2)22-23)10-21-17-7-6-14(24(26)27)9-18(17)28-3/h4-10,22H,1-3H3. The molecule has 0 bridgehead atoms. The van der Waals surface area contributed by atoms with E-state index in [1.165, 1.54) is 36.2 Å². The van der Waals surface area contributed by atoms with Crippen molar-refractivity contribution >= 4 is 29.2 Å². The van der Waals surface area contributed by atoms with Crippen LogP contribution in [0, 0.1) is 24.0 Å². The molecule has 0 aliphatic heterocycles. The third-order valence-corrected chi connectivity index (χ3v) is 4.64. The van der Waals surface area contributed by atoms with Crippen LogP contribution in [0.3, 0.4) is 0 Å². The van der Waals surface area contributed by atoms with Gasteiger partial charge in [0.25, 0.3) is 11.2 Å². The predicted molar refractivity (Wildman–Crippen MR) is 108 cm³/mol. The molecule has 0 saturated carbocycles. The molecular formula is C19H17ClN4O4. The number of hydrogen-bond donors (Lipinski definition) is 1. The number of hydrogen-bond acceptors (Lipinski definition) is 5. The highest BCUT2D eigenvalue weighted by Crippen LogP contribution is 2.31. The van der Waals surface area contributed by atoms with Crippen LogP contribution in [0.25, 0.3) is 5.69 Å². The molecule has 3 rings (SSSR count). The van der Waals surface area contributed by atoms with Crippen molar-refractivity contribution in [2.45, 2.75) is 13.8 Å². The number of aryl methyl sites for hydroxylation is 2. The molecule has 0 saturated heterocycles. The monoisotopic (exact) mass is 400 g/mol. The van der Waals surface area contributed by atoms with Gasteiger partial charge < -0.3 is 4.74 Å². The van der Waals surface area contributed by atoms with Crippen LogP contribution >= 0.6 is 11.6 Å². The van der Waals surface area contributed by atoms with Crippen LogP contribution in [-0.2, 0) is 0 Å². The second-order valence-electron chi connectivity index (χ2n) is 6.10. The minimum absolute atomic E-state index is 0.104. The van der Waals surface area contributed by atoms with Crippen molar-refractivity contribution in [3.8, 4) is 11.4 Å². The molecule has 0 unspecified atom stereocenters. The van der Waals surface area contributed by atoms with Crippen molar-refractivity contribution in [2.24, 2.45) is 4.99 Å². The lowest BCUT2D eigenvalue weighted by molar-refractivity contribution is -0.384. The fraction of sp³-hybridized carbons (Fsp3) is 0.158. The van der Waals surface area contributed by atoms with E-state index in [2.05, 4.69) is 10.1 Å². The second kappa shape index (κ2) is 7.69. The first-order chi connectivity index (χ1) is 13.3. The number of nitro benzene ring substituents is 1. The van der Waals surface area contributed by atoms with Crippen molar-refractivity contribution in [3.05, 3.63) is 78.7 Å². The highest BCUT2D eigenvalue weighted by atomic mass is 35.5. The molecule has 1 N–H and O–H groups in total. The van der Waals surface area contributed by atoms with Gasteiger partial charge in [-0.05, 0) is 37.6 Å². The largest absolute Gasteiger partial charge is 0.494 e. The highest BCUT2D eigenvalue weighted by molar-refractivity contribution is 6.31. The first-order valence-electron chi connectivity index (χ1n) is 8.26. The number of aromatic amines is 1. The Balaban J connectivity index is 2.00. The van der Waals surface area contributed by atoms with Crippen molar-refractivity contribution in [1.29, 1.82) is 0 Å². The number of ether oxygens (including phenoxy) is 1. The maximum absolute atomic E-state index is 12.8. The number of halogens is 1. The van der Waals surface area contributed by atoms with Gasteiger partial charge >= 0.3 is 0 Å². The Morgan fingerprint density at radius 2 is 2.00 bits per heavy atom. The molecule has 0 aliphatic carbocycles. The first-order valence-corrected chi connectivity index (χ1v) is 8.64. The molecule has 0 amide bonds. The first kappa shape index (κ1) is 19.4. The average molecular weight is 401 g/mol. The summed E-state index contributed by atoms with van der Waals surface area (Å²) in [6.07, 6.45) is 1.41. The number of nitrogens with zero attached hydrogens (tertiary/aromatic N) is 3. The van der Waals surface area contributed by atoms with Crippen LogP contribution in [0.2, 0.25) is 5.02 Å². The van der Waals surface area contributed by atoms with E-state index in [1.807, 2.05) is 13.0 Å². The molecule has 0 radical (unpaired) electrons. The summed E-state index contributed by atoms with van der Waals surface area (Å²) in [7, 11) is 1.40. The van der Waals surface area contributed by atoms with Gasteiger partial charge in [0.2, 0.25) is 0 Å². The highest BCUT2D eigenvalue weighted by Gasteiger charge is 2.13. The summed E-state index contributed by atoms with van der Waals surface area (Å²) in [5.41, 5.74) is 2.47. The third kappa shape index (κ3) is 3.67. The summed E-state index contributed by atoms with van der Waals surface area (Å²) in [4.78, 5) is 27.4. The van der Waals surface area contributed by atoms with Gasteiger partial charge in [-0.3, -0.25) is 25.0 Å². The van der Waals surface area contributed by atoms with E-state index >= 15 is 0 Å². The van der Waals surface area contributed by atoms with Crippen LogP contribution < -0.4 is 10.3 Å². The number of H-pyrrole nitrogens is 1. The van der Waals surface area contributed by atoms with Crippen molar-refractivity contribution in [2.75, 3.05) is 7.11 Å². The Labute approximate surface area is 165 Å². The van der Waals surface area contributed by atoms with Crippen LogP contribution in [0.5, 0.6) is 5.75 Å². The number of rotatable bonds is 5. The summed E-state index contributed by atoms with van der Waals surface area (Å²) in [6, 6.07) is 9.39.